The SMILES string of the molecule is Cc1ccc(N2CC(C(=O)Nc3ccc(S(=O)(=O)N4CCCCCC4)cc3)CC2=O)cc1C. The van der Waals surface area contributed by atoms with Gasteiger partial charge in [0, 0.05) is 37.4 Å². The molecule has 2 aliphatic heterocycles. The lowest BCUT2D eigenvalue weighted by molar-refractivity contribution is -0.122. The summed E-state index contributed by atoms with van der Waals surface area (Å²) in [5, 5.41) is 2.84. The van der Waals surface area contributed by atoms with Crippen LogP contribution in [0.3, 0.4) is 0 Å². The van der Waals surface area contributed by atoms with Crippen molar-refractivity contribution in [1.29, 1.82) is 0 Å². The Morgan fingerprint density at radius 3 is 2.24 bits per heavy atom. The van der Waals surface area contributed by atoms with Crippen LogP contribution in [0.1, 0.15) is 43.2 Å². The second-order valence-electron chi connectivity index (χ2n) is 9.01. The number of carbonyl (C=O) groups is 2. The zero-order valence-electron chi connectivity index (χ0n) is 19.2. The lowest BCUT2D eigenvalue weighted by atomic mass is 10.1. The molecule has 2 heterocycles. The highest BCUT2D eigenvalue weighted by Gasteiger charge is 2.35. The first-order valence-electron chi connectivity index (χ1n) is 11.5. The van der Waals surface area contributed by atoms with Gasteiger partial charge in [-0.15, -0.1) is 0 Å². The molecule has 0 aromatic heterocycles. The Kier molecular flexibility index (Phi) is 6.86. The molecule has 2 aromatic rings. The quantitative estimate of drug-likeness (QED) is 0.720. The smallest absolute Gasteiger partial charge is 0.243 e. The van der Waals surface area contributed by atoms with Gasteiger partial charge in [0.25, 0.3) is 0 Å². The van der Waals surface area contributed by atoms with Crippen LogP contribution in [0.15, 0.2) is 47.4 Å². The minimum Gasteiger partial charge on any atom is -0.326 e. The summed E-state index contributed by atoms with van der Waals surface area (Å²) in [6.45, 7) is 5.45. The first kappa shape index (κ1) is 23.4. The van der Waals surface area contributed by atoms with Crippen LogP contribution in [0, 0.1) is 19.8 Å². The second kappa shape index (κ2) is 9.65. The highest BCUT2D eigenvalue weighted by molar-refractivity contribution is 7.89. The van der Waals surface area contributed by atoms with Crippen molar-refractivity contribution in [2.75, 3.05) is 29.9 Å². The minimum atomic E-state index is -3.53. The molecule has 2 aliphatic rings. The summed E-state index contributed by atoms with van der Waals surface area (Å²) in [5.41, 5.74) is 3.58. The van der Waals surface area contributed by atoms with Crippen LogP contribution in [0.2, 0.25) is 0 Å². The zero-order chi connectivity index (χ0) is 23.6. The molecule has 0 radical (unpaired) electrons. The van der Waals surface area contributed by atoms with Gasteiger partial charge in [-0.3, -0.25) is 9.59 Å². The van der Waals surface area contributed by atoms with E-state index in [0.717, 1.165) is 42.5 Å². The fraction of sp³-hybridized carbons (Fsp3) is 0.440. The molecular weight excluding hydrogens is 438 g/mol. The number of hydrogen-bond donors (Lipinski definition) is 1. The van der Waals surface area contributed by atoms with Gasteiger partial charge in [-0.1, -0.05) is 18.9 Å². The number of carbonyl (C=O) groups excluding carboxylic acids is 2. The maximum atomic E-state index is 12.9. The van der Waals surface area contributed by atoms with E-state index in [1.807, 2.05) is 32.0 Å². The maximum absolute atomic E-state index is 12.9. The fourth-order valence-corrected chi connectivity index (χ4v) is 5.93. The number of nitrogens with zero attached hydrogens (tertiary/aromatic N) is 2. The molecule has 0 saturated carbocycles. The van der Waals surface area contributed by atoms with E-state index >= 15 is 0 Å². The number of amides is 2. The molecule has 1 atom stereocenters. The molecule has 4 rings (SSSR count). The maximum Gasteiger partial charge on any atom is 0.243 e. The van der Waals surface area contributed by atoms with Crippen molar-refractivity contribution >= 4 is 33.2 Å². The predicted octanol–water partition coefficient (Wildman–Crippen LogP) is 3.86. The van der Waals surface area contributed by atoms with Crippen molar-refractivity contribution in [3.8, 4) is 0 Å². The highest BCUT2D eigenvalue weighted by atomic mass is 32.2. The molecule has 1 N–H and O–H groups in total. The fourth-order valence-electron chi connectivity index (χ4n) is 4.41. The number of hydrogen-bond acceptors (Lipinski definition) is 4. The third-order valence-corrected chi connectivity index (χ3v) is 8.54. The summed E-state index contributed by atoms with van der Waals surface area (Å²) < 4.78 is 27.4. The standard InChI is InChI=1S/C25H31N3O4S/c1-18-7-10-22(15-19(18)2)28-17-20(16-24(28)29)25(30)26-21-8-11-23(12-9-21)33(31,32)27-13-5-3-4-6-14-27/h7-12,15,20H,3-6,13-14,16-17H2,1-2H3,(H,26,30). The summed E-state index contributed by atoms with van der Waals surface area (Å²) in [5.74, 6) is -0.769. The molecule has 2 aromatic carbocycles. The molecule has 1 unspecified atom stereocenters. The number of benzene rings is 2. The van der Waals surface area contributed by atoms with Gasteiger partial charge in [0.1, 0.15) is 0 Å². The van der Waals surface area contributed by atoms with Gasteiger partial charge in [-0.2, -0.15) is 4.31 Å². The van der Waals surface area contributed by atoms with Gasteiger partial charge in [-0.05, 0) is 74.2 Å². The molecule has 33 heavy (non-hydrogen) atoms. The number of rotatable bonds is 5. The van der Waals surface area contributed by atoms with Crippen LogP contribution in [-0.2, 0) is 19.6 Å². The molecule has 8 heteroatoms. The van der Waals surface area contributed by atoms with Crippen molar-refractivity contribution < 1.29 is 18.0 Å². The van der Waals surface area contributed by atoms with E-state index in [2.05, 4.69) is 5.32 Å². The van der Waals surface area contributed by atoms with E-state index in [-0.39, 0.29) is 23.1 Å². The summed E-state index contributed by atoms with van der Waals surface area (Å²) in [4.78, 5) is 27.2. The Morgan fingerprint density at radius 1 is 0.939 bits per heavy atom. The summed E-state index contributed by atoms with van der Waals surface area (Å²) in [6.07, 6.45) is 4.03. The molecule has 0 spiro atoms. The van der Waals surface area contributed by atoms with E-state index in [9.17, 15) is 18.0 Å². The largest absolute Gasteiger partial charge is 0.326 e. The molecule has 2 amide bonds. The first-order chi connectivity index (χ1) is 15.8. The molecular formula is C25H31N3O4S. The van der Waals surface area contributed by atoms with Crippen molar-refractivity contribution in [1.82, 2.24) is 4.31 Å². The van der Waals surface area contributed by atoms with E-state index in [0.29, 0.717) is 25.3 Å². The van der Waals surface area contributed by atoms with Gasteiger partial charge in [0.05, 0.1) is 10.8 Å². The summed E-state index contributed by atoms with van der Waals surface area (Å²) >= 11 is 0. The normalized spacial score (nSPS) is 20.0. The van der Waals surface area contributed by atoms with E-state index in [4.69, 9.17) is 0 Å². The van der Waals surface area contributed by atoms with Crippen LogP contribution in [0.4, 0.5) is 11.4 Å². The monoisotopic (exact) mass is 469 g/mol. The van der Waals surface area contributed by atoms with Crippen LogP contribution in [0.25, 0.3) is 0 Å². The molecule has 2 fully saturated rings. The number of sulfonamides is 1. The van der Waals surface area contributed by atoms with Crippen molar-refractivity contribution in [3.63, 3.8) is 0 Å². The lowest BCUT2D eigenvalue weighted by Gasteiger charge is -2.20. The van der Waals surface area contributed by atoms with Gasteiger partial charge < -0.3 is 10.2 Å². The average molecular weight is 470 g/mol. The number of aryl methyl sites for hydroxylation is 2. The van der Waals surface area contributed by atoms with E-state index < -0.39 is 15.9 Å². The van der Waals surface area contributed by atoms with Crippen molar-refractivity contribution in [2.24, 2.45) is 5.92 Å². The molecule has 0 aliphatic carbocycles. The first-order valence-corrected chi connectivity index (χ1v) is 13.0. The van der Waals surface area contributed by atoms with Crippen LogP contribution >= 0.6 is 0 Å². The Labute approximate surface area is 195 Å². The van der Waals surface area contributed by atoms with Crippen LogP contribution in [0.5, 0.6) is 0 Å². The van der Waals surface area contributed by atoms with Crippen molar-refractivity contribution in [3.05, 3.63) is 53.6 Å². The Hall–Kier alpha value is -2.71. The van der Waals surface area contributed by atoms with Crippen LogP contribution < -0.4 is 10.2 Å². The topological polar surface area (TPSA) is 86.8 Å². The van der Waals surface area contributed by atoms with Crippen molar-refractivity contribution in [2.45, 2.75) is 50.8 Å². The highest BCUT2D eigenvalue weighted by Crippen LogP contribution is 2.28. The Bertz CT molecular complexity index is 1140. The van der Waals surface area contributed by atoms with E-state index in [1.165, 1.54) is 12.1 Å². The zero-order valence-corrected chi connectivity index (χ0v) is 20.0. The average Bonchev–Trinajstić information content (AvgIpc) is 2.99. The second-order valence-corrected chi connectivity index (χ2v) is 10.9. The predicted molar refractivity (Wildman–Crippen MR) is 129 cm³/mol. The number of nitrogens with one attached hydrogen (secondary N) is 1. The lowest BCUT2D eigenvalue weighted by Crippen LogP contribution is -2.32. The molecule has 176 valence electrons. The summed E-state index contributed by atoms with van der Waals surface area (Å²) in [7, 11) is -3.53. The molecule has 7 nitrogen and oxygen atoms in total. The van der Waals surface area contributed by atoms with E-state index in [1.54, 1.807) is 21.3 Å². The third-order valence-electron chi connectivity index (χ3n) is 6.62. The molecule has 0 bridgehead atoms. The third kappa shape index (κ3) is 5.12. The Balaban J connectivity index is 1.40. The van der Waals surface area contributed by atoms with Gasteiger partial charge in [0.2, 0.25) is 21.8 Å². The minimum absolute atomic E-state index is 0.0719. The van der Waals surface area contributed by atoms with Gasteiger partial charge in [-0.25, -0.2) is 8.42 Å². The van der Waals surface area contributed by atoms with Crippen LogP contribution in [-0.4, -0.2) is 44.2 Å². The Morgan fingerprint density at radius 2 is 1.61 bits per heavy atom. The van der Waals surface area contributed by atoms with Gasteiger partial charge in [0.15, 0.2) is 0 Å². The number of anilines is 2. The molecule has 2 saturated heterocycles. The van der Waals surface area contributed by atoms with Gasteiger partial charge >= 0.3 is 0 Å². The summed E-state index contributed by atoms with van der Waals surface area (Å²) in [6, 6.07) is 12.2.